The van der Waals surface area contributed by atoms with Gasteiger partial charge in [0.1, 0.15) is 11.4 Å². The normalized spacial score (nSPS) is 17.1. The summed E-state index contributed by atoms with van der Waals surface area (Å²) in [4.78, 5) is 0. The summed E-state index contributed by atoms with van der Waals surface area (Å²) in [6, 6.07) is 6.38. The fourth-order valence-electron chi connectivity index (χ4n) is 2.00. The largest absolute Gasteiger partial charge is 1.00 e. The second kappa shape index (κ2) is 4.06. The lowest BCUT2D eigenvalue weighted by atomic mass is 10.1. The molecule has 0 amide bonds. The molecular formula is C11H16INO. The van der Waals surface area contributed by atoms with Crippen LogP contribution in [-0.4, -0.2) is 27.7 Å². The third-order valence-corrected chi connectivity index (χ3v) is 2.88. The second-order valence-corrected chi connectivity index (χ2v) is 4.15. The van der Waals surface area contributed by atoms with Gasteiger partial charge in [0.25, 0.3) is 0 Å². The van der Waals surface area contributed by atoms with Crippen LogP contribution in [0.25, 0.3) is 0 Å². The molecule has 0 spiro atoms. The maximum absolute atomic E-state index is 5.20. The van der Waals surface area contributed by atoms with Crippen LogP contribution < -0.4 is 33.2 Å². The SMILES string of the molecule is COc1ccc2c(c1)CC[N+]2(C)C.[I-]. The van der Waals surface area contributed by atoms with Crippen LogP contribution >= 0.6 is 0 Å². The van der Waals surface area contributed by atoms with Crippen molar-refractivity contribution in [3.8, 4) is 5.75 Å². The van der Waals surface area contributed by atoms with Crippen LogP contribution in [-0.2, 0) is 6.42 Å². The standard InChI is InChI=1S/C11H16NO.HI/c1-12(2)7-6-9-8-10(13-3)4-5-11(9)12;/h4-5,8H,6-7H2,1-3H3;1H/q+1;/p-1. The maximum atomic E-state index is 5.20. The number of hydrogen-bond donors (Lipinski definition) is 0. The van der Waals surface area contributed by atoms with Gasteiger partial charge in [-0.1, -0.05) is 0 Å². The number of halogens is 1. The molecule has 0 unspecified atom stereocenters. The van der Waals surface area contributed by atoms with Gasteiger partial charge in [0.2, 0.25) is 0 Å². The van der Waals surface area contributed by atoms with Crippen molar-refractivity contribution in [3.05, 3.63) is 23.8 Å². The molecule has 14 heavy (non-hydrogen) atoms. The highest BCUT2D eigenvalue weighted by molar-refractivity contribution is 5.56. The summed E-state index contributed by atoms with van der Waals surface area (Å²) < 4.78 is 6.20. The Labute approximate surface area is 102 Å². The molecule has 1 aromatic carbocycles. The molecule has 0 aliphatic carbocycles. The molecule has 0 aromatic heterocycles. The van der Waals surface area contributed by atoms with Crippen molar-refractivity contribution in [2.24, 2.45) is 0 Å². The fraction of sp³-hybridized carbons (Fsp3) is 0.455. The first-order chi connectivity index (χ1) is 6.13. The Morgan fingerprint density at radius 1 is 1.29 bits per heavy atom. The highest BCUT2D eigenvalue weighted by Crippen LogP contribution is 2.33. The van der Waals surface area contributed by atoms with Gasteiger partial charge >= 0.3 is 0 Å². The molecule has 1 aromatic rings. The Morgan fingerprint density at radius 3 is 2.64 bits per heavy atom. The van der Waals surface area contributed by atoms with Gasteiger partial charge in [-0.2, -0.15) is 0 Å². The van der Waals surface area contributed by atoms with Gasteiger partial charge in [-0.3, -0.25) is 4.48 Å². The minimum absolute atomic E-state index is 0. The van der Waals surface area contributed by atoms with Crippen molar-refractivity contribution in [1.82, 2.24) is 4.48 Å². The van der Waals surface area contributed by atoms with Gasteiger partial charge in [0, 0.05) is 18.1 Å². The Kier molecular flexibility index (Phi) is 3.42. The zero-order valence-corrected chi connectivity index (χ0v) is 11.0. The van der Waals surface area contributed by atoms with Gasteiger partial charge in [0.15, 0.2) is 0 Å². The predicted molar refractivity (Wildman–Crippen MR) is 55.2 cm³/mol. The molecule has 0 saturated heterocycles. The first-order valence-electron chi connectivity index (χ1n) is 4.64. The zero-order chi connectivity index (χ0) is 9.47. The van der Waals surface area contributed by atoms with Gasteiger partial charge in [0.05, 0.1) is 27.7 Å². The number of methoxy groups -OCH3 is 1. The van der Waals surface area contributed by atoms with Crippen molar-refractivity contribution in [2.75, 3.05) is 27.7 Å². The zero-order valence-electron chi connectivity index (χ0n) is 8.88. The summed E-state index contributed by atoms with van der Waals surface area (Å²) in [5.74, 6) is 0.973. The highest BCUT2D eigenvalue weighted by Gasteiger charge is 2.29. The van der Waals surface area contributed by atoms with E-state index in [0.717, 1.165) is 10.2 Å². The van der Waals surface area contributed by atoms with Crippen molar-refractivity contribution >= 4 is 5.69 Å². The first-order valence-corrected chi connectivity index (χ1v) is 4.64. The first kappa shape index (κ1) is 11.8. The van der Waals surface area contributed by atoms with Gasteiger partial charge < -0.3 is 28.7 Å². The van der Waals surface area contributed by atoms with Crippen LogP contribution in [0.3, 0.4) is 0 Å². The number of rotatable bonds is 1. The Balaban J connectivity index is 0.000000980. The maximum Gasteiger partial charge on any atom is 0.136 e. The number of benzene rings is 1. The van der Waals surface area contributed by atoms with Crippen LogP contribution in [0.2, 0.25) is 0 Å². The molecule has 1 aliphatic heterocycles. The van der Waals surface area contributed by atoms with E-state index in [9.17, 15) is 0 Å². The Hall–Kier alpha value is -0.290. The lowest BCUT2D eigenvalue weighted by molar-refractivity contribution is -0.00000317. The molecule has 2 rings (SSSR count). The van der Waals surface area contributed by atoms with Crippen LogP contribution in [0.4, 0.5) is 5.69 Å². The van der Waals surface area contributed by atoms with E-state index >= 15 is 0 Å². The third kappa shape index (κ3) is 1.88. The average Bonchev–Trinajstić information content (AvgIpc) is 2.42. The Bertz CT molecular complexity index is 336. The van der Waals surface area contributed by atoms with Gasteiger partial charge in [-0.25, -0.2) is 0 Å². The summed E-state index contributed by atoms with van der Waals surface area (Å²) in [5, 5.41) is 0. The molecule has 1 aliphatic rings. The molecule has 0 saturated carbocycles. The van der Waals surface area contributed by atoms with E-state index in [0.29, 0.717) is 0 Å². The molecule has 3 heteroatoms. The average molecular weight is 305 g/mol. The number of fused-ring (bicyclic) bond motifs is 1. The van der Waals surface area contributed by atoms with Crippen LogP contribution in [0.5, 0.6) is 5.75 Å². The summed E-state index contributed by atoms with van der Waals surface area (Å²) in [5.41, 5.74) is 2.87. The van der Waals surface area contributed by atoms with E-state index in [2.05, 4.69) is 26.2 Å². The van der Waals surface area contributed by atoms with Gasteiger partial charge in [-0.05, 0) is 12.1 Å². The Morgan fingerprint density at radius 2 is 2.00 bits per heavy atom. The van der Waals surface area contributed by atoms with Crippen molar-refractivity contribution < 1.29 is 28.7 Å². The lowest BCUT2D eigenvalue weighted by Gasteiger charge is -2.23. The monoisotopic (exact) mass is 305 g/mol. The summed E-state index contributed by atoms with van der Waals surface area (Å²) in [6.07, 6.45) is 1.17. The van der Waals surface area contributed by atoms with Gasteiger partial charge in [-0.15, -0.1) is 0 Å². The van der Waals surface area contributed by atoms with E-state index in [1.807, 2.05) is 6.07 Å². The van der Waals surface area contributed by atoms with E-state index in [1.54, 1.807) is 7.11 Å². The summed E-state index contributed by atoms with van der Waals surface area (Å²) in [7, 11) is 6.22. The van der Waals surface area contributed by atoms with Crippen LogP contribution in [0.15, 0.2) is 18.2 Å². The van der Waals surface area contributed by atoms with E-state index < -0.39 is 0 Å². The molecule has 1 heterocycles. The minimum atomic E-state index is 0. The topological polar surface area (TPSA) is 9.23 Å². The molecule has 0 atom stereocenters. The summed E-state index contributed by atoms with van der Waals surface area (Å²) in [6.45, 7) is 1.20. The number of nitrogens with zero attached hydrogens (tertiary/aromatic N) is 1. The molecule has 2 nitrogen and oxygen atoms in total. The van der Waals surface area contributed by atoms with Crippen molar-refractivity contribution in [1.29, 1.82) is 0 Å². The molecule has 78 valence electrons. The predicted octanol–water partition coefficient (Wildman–Crippen LogP) is -1.18. The van der Waals surface area contributed by atoms with Crippen LogP contribution in [0.1, 0.15) is 5.56 Å². The molecule has 0 bridgehead atoms. The third-order valence-electron chi connectivity index (χ3n) is 2.88. The van der Waals surface area contributed by atoms with E-state index in [1.165, 1.54) is 24.2 Å². The minimum Gasteiger partial charge on any atom is -1.00 e. The van der Waals surface area contributed by atoms with E-state index in [-0.39, 0.29) is 24.0 Å². The summed E-state index contributed by atoms with van der Waals surface area (Å²) >= 11 is 0. The van der Waals surface area contributed by atoms with Crippen molar-refractivity contribution in [2.45, 2.75) is 6.42 Å². The fourth-order valence-corrected chi connectivity index (χ4v) is 2.00. The lowest BCUT2D eigenvalue weighted by Crippen LogP contribution is -3.00. The quantitative estimate of drug-likeness (QED) is 0.469. The van der Waals surface area contributed by atoms with E-state index in [4.69, 9.17) is 4.74 Å². The van der Waals surface area contributed by atoms with Crippen LogP contribution in [0, 0.1) is 0 Å². The number of likely N-dealkylation sites (N-methyl/N-ethyl adjacent to an activating group) is 1. The number of hydrogen-bond acceptors (Lipinski definition) is 1. The second-order valence-electron chi connectivity index (χ2n) is 4.15. The smallest absolute Gasteiger partial charge is 0.136 e. The number of ether oxygens (including phenoxy) is 1. The van der Waals surface area contributed by atoms with Crippen molar-refractivity contribution in [3.63, 3.8) is 0 Å². The molecule has 0 N–H and O–H groups in total. The highest BCUT2D eigenvalue weighted by atomic mass is 127. The number of quaternary nitrogens is 1. The molecular weight excluding hydrogens is 289 g/mol. The molecule has 0 fully saturated rings. The molecule has 0 radical (unpaired) electrons.